The quantitative estimate of drug-likeness (QED) is 0.831. The number of rotatable bonds is 7. The predicted molar refractivity (Wildman–Crippen MR) is 89.6 cm³/mol. The normalized spacial score (nSPS) is 11.3. The first kappa shape index (κ1) is 18.2. The molecule has 7 heteroatoms. The number of methoxy groups -OCH3 is 2. The molecule has 5 nitrogen and oxygen atoms in total. The number of halogens is 1. The minimum Gasteiger partial charge on any atom is -0.493 e. The first-order chi connectivity index (χ1) is 11.4. The van der Waals surface area contributed by atoms with Gasteiger partial charge in [-0.05, 0) is 42.7 Å². The van der Waals surface area contributed by atoms with Gasteiger partial charge >= 0.3 is 0 Å². The second-order valence-electron chi connectivity index (χ2n) is 5.25. The van der Waals surface area contributed by atoms with Crippen LogP contribution in [-0.4, -0.2) is 29.2 Å². The zero-order valence-electron chi connectivity index (χ0n) is 13.8. The molecule has 0 bridgehead atoms. The number of hydrogen-bond acceptors (Lipinski definition) is 4. The van der Waals surface area contributed by atoms with Crippen LogP contribution in [0.3, 0.4) is 0 Å². The zero-order chi connectivity index (χ0) is 17.7. The molecular weight excluding hydrogens is 333 g/mol. The number of sulfonamides is 1. The standard InChI is InChI=1S/C17H20FNO4S/c1-12-10-15(22-2)16(23-3)11-17(12)24(20,21)19-9-8-13-4-6-14(18)7-5-13/h4-7,10-11,19H,8-9H2,1-3H3. The fourth-order valence-corrected chi connectivity index (χ4v) is 3.58. The second-order valence-corrected chi connectivity index (χ2v) is 6.98. The monoisotopic (exact) mass is 353 g/mol. The number of benzene rings is 2. The third-order valence-corrected chi connectivity index (χ3v) is 5.19. The zero-order valence-corrected chi connectivity index (χ0v) is 14.6. The molecule has 0 aliphatic rings. The van der Waals surface area contributed by atoms with Gasteiger partial charge in [-0.1, -0.05) is 12.1 Å². The Morgan fingerprint density at radius 1 is 1.04 bits per heavy atom. The molecule has 1 N–H and O–H groups in total. The van der Waals surface area contributed by atoms with Gasteiger partial charge in [0, 0.05) is 12.6 Å². The van der Waals surface area contributed by atoms with E-state index >= 15 is 0 Å². The molecule has 0 unspecified atom stereocenters. The predicted octanol–water partition coefficient (Wildman–Crippen LogP) is 2.67. The molecule has 0 fully saturated rings. The summed E-state index contributed by atoms with van der Waals surface area (Å²) in [5, 5.41) is 0. The van der Waals surface area contributed by atoms with Crippen molar-refractivity contribution in [3.05, 3.63) is 53.3 Å². The molecule has 0 spiro atoms. The number of aryl methyl sites for hydroxylation is 1. The van der Waals surface area contributed by atoms with Crippen molar-refractivity contribution in [3.8, 4) is 11.5 Å². The van der Waals surface area contributed by atoms with E-state index in [9.17, 15) is 12.8 Å². The molecule has 0 amide bonds. The Hall–Kier alpha value is -2.12. The van der Waals surface area contributed by atoms with E-state index < -0.39 is 10.0 Å². The summed E-state index contributed by atoms with van der Waals surface area (Å²) in [5.41, 5.74) is 1.41. The van der Waals surface area contributed by atoms with Crippen molar-refractivity contribution >= 4 is 10.0 Å². The van der Waals surface area contributed by atoms with Crippen molar-refractivity contribution in [2.45, 2.75) is 18.2 Å². The van der Waals surface area contributed by atoms with Gasteiger partial charge in [-0.25, -0.2) is 17.5 Å². The lowest BCUT2D eigenvalue weighted by Crippen LogP contribution is -2.26. The Morgan fingerprint density at radius 3 is 2.21 bits per heavy atom. The summed E-state index contributed by atoms with van der Waals surface area (Å²) in [4.78, 5) is 0.138. The van der Waals surface area contributed by atoms with Gasteiger partial charge in [0.15, 0.2) is 11.5 Å². The Kier molecular flexibility index (Phi) is 5.80. The molecule has 2 rings (SSSR count). The highest BCUT2D eigenvalue weighted by Crippen LogP contribution is 2.32. The van der Waals surface area contributed by atoms with Gasteiger partial charge in [-0.15, -0.1) is 0 Å². The Bertz CT molecular complexity index is 804. The van der Waals surface area contributed by atoms with Crippen molar-refractivity contribution in [1.29, 1.82) is 0 Å². The highest BCUT2D eigenvalue weighted by molar-refractivity contribution is 7.89. The van der Waals surface area contributed by atoms with Crippen molar-refractivity contribution in [2.24, 2.45) is 0 Å². The molecule has 0 heterocycles. The van der Waals surface area contributed by atoms with Crippen LogP contribution < -0.4 is 14.2 Å². The van der Waals surface area contributed by atoms with Gasteiger partial charge in [0.2, 0.25) is 10.0 Å². The Labute approximate surface area is 141 Å². The third kappa shape index (κ3) is 4.24. The van der Waals surface area contributed by atoms with E-state index in [1.54, 1.807) is 25.1 Å². The first-order valence-electron chi connectivity index (χ1n) is 7.34. The van der Waals surface area contributed by atoms with E-state index in [2.05, 4.69) is 4.72 Å². The van der Waals surface area contributed by atoms with Crippen molar-refractivity contribution in [3.63, 3.8) is 0 Å². The summed E-state index contributed by atoms with van der Waals surface area (Å²) in [5.74, 6) is 0.502. The lowest BCUT2D eigenvalue weighted by atomic mass is 10.1. The average Bonchev–Trinajstić information content (AvgIpc) is 2.56. The number of hydrogen-bond donors (Lipinski definition) is 1. The summed E-state index contributed by atoms with van der Waals surface area (Å²) >= 11 is 0. The summed E-state index contributed by atoms with van der Waals surface area (Å²) in [6.45, 7) is 1.90. The minimum atomic E-state index is -3.69. The summed E-state index contributed by atoms with van der Waals surface area (Å²) in [6.07, 6.45) is 0.464. The Morgan fingerprint density at radius 2 is 1.62 bits per heavy atom. The maximum atomic E-state index is 12.9. The van der Waals surface area contributed by atoms with Crippen LogP contribution in [0, 0.1) is 12.7 Å². The third-order valence-electron chi connectivity index (χ3n) is 3.59. The molecule has 2 aromatic rings. The van der Waals surface area contributed by atoms with Gasteiger partial charge in [0.25, 0.3) is 0 Å². The van der Waals surface area contributed by atoms with Crippen molar-refractivity contribution in [2.75, 3.05) is 20.8 Å². The van der Waals surface area contributed by atoms with Crippen LogP contribution in [0.5, 0.6) is 11.5 Å². The maximum Gasteiger partial charge on any atom is 0.240 e. The van der Waals surface area contributed by atoms with Crippen LogP contribution in [0.25, 0.3) is 0 Å². The highest BCUT2D eigenvalue weighted by atomic mass is 32.2. The molecule has 2 aromatic carbocycles. The van der Waals surface area contributed by atoms with E-state index in [4.69, 9.17) is 9.47 Å². The van der Waals surface area contributed by atoms with Gasteiger partial charge < -0.3 is 9.47 Å². The van der Waals surface area contributed by atoms with Gasteiger partial charge in [-0.2, -0.15) is 0 Å². The lowest BCUT2D eigenvalue weighted by molar-refractivity contribution is 0.353. The van der Waals surface area contributed by atoms with Crippen LogP contribution in [0.15, 0.2) is 41.3 Å². The fourth-order valence-electron chi connectivity index (χ4n) is 2.31. The number of ether oxygens (including phenoxy) is 2. The van der Waals surface area contributed by atoms with Gasteiger partial charge in [0.05, 0.1) is 19.1 Å². The van der Waals surface area contributed by atoms with Gasteiger partial charge in [0.1, 0.15) is 5.82 Å². The summed E-state index contributed by atoms with van der Waals surface area (Å²) < 4.78 is 50.7. The van der Waals surface area contributed by atoms with Crippen LogP contribution in [-0.2, 0) is 16.4 Å². The molecule has 0 radical (unpaired) electrons. The average molecular weight is 353 g/mol. The summed E-state index contributed by atoms with van der Waals surface area (Å²) in [7, 11) is -0.744. The molecule has 0 aliphatic heterocycles. The first-order valence-corrected chi connectivity index (χ1v) is 8.82. The topological polar surface area (TPSA) is 64.6 Å². The SMILES string of the molecule is COc1cc(C)c(S(=O)(=O)NCCc2ccc(F)cc2)cc1OC. The lowest BCUT2D eigenvalue weighted by Gasteiger charge is -2.13. The van der Waals surface area contributed by atoms with E-state index in [1.807, 2.05) is 0 Å². The summed E-state index contributed by atoms with van der Waals surface area (Å²) in [6, 6.07) is 9.02. The van der Waals surface area contributed by atoms with E-state index in [0.717, 1.165) is 5.56 Å². The smallest absolute Gasteiger partial charge is 0.240 e. The van der Waals surface area contributed by atoms with E-state index in [0.29, 0.717) is 23.5 Å². The van der Waals surface area contributed by atoms with Crippen molar-refractivity contribution in [1.82, 2.24) is 4.72 Å². The van der Waals surface area contributed by atoms with Gasteiger partial charge in [-0.3, -0.25) is 0 Å². The molecule has 0 atom stereocenters. The second kappa shape index (κ2) is 7.63. The molecule has 0 saturated carbocycles. The largest absolute Gasteiger partial charge is 0.493 e. The minimum absolute atomic E-state index is 0.138. The van der Waals surface area contributed by atoms with Crippen LogP contribution >= 0.6 is 0 Å². The Balaban J connectivity index is 2.13. The van der Waals surface area contributed by atoms with Crippen LogP contribution in [0.2, 0.25) is 0 Å². The van der Waals surface area contributed by atoms with E-state index in [1.165, 1.54) is 32.4 Å². The van der Waals surface area contributed by atoms with Crippen molar-refractivity contribution < 1.29 is 22.3 Å². The van der Waals surface area contributed by atoms with E-state index in [-0.39, 0.29) is 17.3 Å². The number of nitrogens with one attached hydrogen (secondary N) is 1. The van der Waals surface area contributed by atoms with Crippen LogP contribution in [0.4, 0.5) is 4.39 Å². The maximum absolute atomic E-state index is 12.9. The molecule has 130 valence electrons. The molecule has 24 heavy (non-hydrogen) atoms. The molecule has 0 saturated heterocycles. The molecular formula is C17H20FNO4S. The molecule has 0 aromatic heterocycles. The fraction of sp³-hybridized carbons (Fsp3) is 0.294. The molecule has 0 aliphatic carbocycles. The van der Waals surface area contributed by atoms with Crippen LogP contribution in [0.1, 0.15) is 11.1 Å². The highest BCUT2D eigenvalue weighted by Gasteiger charge is 2.19.